The van der Waals surface area contributed by atoms with E-state index in [4.69, 9.17) is 0 Å². The fourth-order valence-corrected chi connectivity index (χ4v) is 2.80. The molecule has 3 aromatic rings. The van der Waals surface area contributed by atoms with Gasteiger partial charge >= 0.3 is 0 Å². The molecule has 0 aliphatic rings. The van der Waals surface area contributed by atoms with Gasteiger partial charge in [0.1, 0.15) is 10.7 Å². The Hall–Kier alpha value is -3.06. The molecule has 1 aromatic carbocycles. The lowest BCUT2D eigenvalue weighted by Gasteiger charge is -2.05. The smallest absolute Gasteiger partial charge is 0.275 e. The van der Waals surface area contributed by atoms with Gasteiger partial charge in [-0.25, -0.2) is 4.98 Å². The molecule has 2 N–H and O–H groups in total. The van der Waals surface area contributed by atoms with E-state index in [1.807, 2.05) is 18.2 Å². The predicted octanol–water partition coefficient (Wildman–Crippen LogP) is 3.42. The maximum absolute atomic E-state index is 12.3. The average Bonchev–Trinajstić information content (AvgIpc) is 3.07. The third kappa shape index (κ3) is 3.82. The van der Waals surface area contributed by atoms with Crippen LogP contribution in [-0.4, -0.2) is 21.8 Å². The van der Waals surface area contributed by atoms with Crippen LogP contribution in [0, 0.1) is 0 Å². The highest BCUT2D eigenvalue weighted by Gasteiger charge is 2.12. The SMILES string of the molecule is CC(=O)Nc1ccc(NC(=O)c2csc(-c3ccccn3)n2)cc1. The minimum atomic E-state index is -0.291. The van der Waals surface area contributed by atoms with Crippen molar-refractivity contribution in [2.24, 2.45) is 0 Å². The molecule has 24 heavy (non-hydrogen) atoms. The van der Waals surface area contributed by atoms with Crippen molar-refractivity contribution < 1.29 is 9.59 Å². The molecule has 2 aromatic heterocycles. The van der Waals surface area contributed by atoms with E-state index in [1.54, 1.807) is 35.8 Å². The molecule has 0 saturated heterocycles. The van der Waals surface area contributed by atoms with Gasteiger partial charge in [0, 0.05) is 29.9 Å². The summed E-state index contributed by atoms with van der Waals surface area (Å²) in [6, 6.07) is 12.4. The molecule has 0 fully saturated rings. The molecular formula is C17H14N4O2S. The number of thiazole rings is 1. The number of amides is 2. The number of aromatic nitrogens is 2. The van der Waals surface area contributed by atoms with Crippen molar-refractivity contribution in [1.82, 2.24) is 9.97 Å². The van der Waals surface area contributed by atoms with E-state index in [2.05, 4.69) is 20.6 Å². The van der Waals surface area contributed by atoms with Gasteiger partial charge in [0.25, 0.3) is 5.91 Å². The first-order valence-corrected chi connectivity index (χ1v) is 8.06. The Labute approximate surface area is 142 Å². The van der Waals surface area contributed by atoms with Crippen molar-refractivity contribution >= 4 is 34.5 Å². The highest BCUT2D eigenvalue weighted by atomic mass is 32.1. The summed E-state index contributed by atoms with van der Waals surface area (Å²) in [5, 5.41) is 7.84. The summed E-state index contributed by atoms with van der Waals surface area (Å²) in [5.41, 5.74) is 2.38. The highest BCUT2D eigenvalue weighted by Crippen LogP contribution is 2.22. The molecule has 0 radical (unpaired) electrons. The van der Waals surface area contributed by atoms with Crippen LogP contribution in [0.25, 0.3) is 10.7 Å². The Morgan fingerprint density at radius 3 is 2.33 bits per heavy atom. The van der Waals surface area contributed by atoms with Crippen LogP contribution >= 0.6 is 11.3 Å². The van der Waals surface area contributed by atoms with Gasteiger partial charge in [-0.1, -0.05) is 6.07 Å². The number of pyridine rings is 1. The van der Waals surface area contributed by atoms with Crippen LogP contribution in [0.5, 0.6) is 0 Å². The van der Waals surface area contributed by atoms with Gasteiger partial charge in [-0.15, -0.1) is 11.3 Å². The lowest BCUT2D eigenvalue weighted by molar-refractivity contribution is -0.114. The first kappa shape index (κ1) is 15.8. The van der Waals surface area contributed by atoms with Gasteiger partial charge < -0.3 is 10.6 Å². The number of rotatable bonds is 4. The lowest BCUT2D eigenvalue weighted by atomic mass is 10.2. The van der Waals surface area contributed by atoms with E-state index in [-0.39, 0.29) is 11.8 Å². The molecule has 0 spiro atoms. The van der Waals surface area contributed by atoms with Crippen molar-refractivity contribution in [1.29, 1.82) is 0 Å². The Kier molecular flexibility index (Phi) is 4.62. The second kappa shape index (κ2) is 7.01. The van der Waals surface area contributed by atoms with E-state index >= 15 is 0 Å². The Morgan fingerprint density at radius 1 is 1.00 bits per heavy atom. The number of carbonyl (C=O) groups is 2. The fourth-order valence-electron chi connectivity index (χ4n) is 2.02. The van der Waals surface area contributed by atoms with Crippen LogP contribution in [-0.2, 0) is 4.79 Å². The molecule has 0 aliphatic heterocycles. The van der Waals surface area contributed by atoms with E-state index in [0.29, 0.717) is 22.1 Å². The minimum Gasteiger partial charge on any atom is -0.326 e. The summed E-state index contributed by atoms with van der Waals surface area (Å²) < 4.78 is 0. The van der Waals surface area contributed by atoms with E-state index < -0.39 is 0 Å². The monoisotopic (exact) mass is 338 g/mol. The van der Waals surface area contributed by atoms with Gasteiger partial charge in [0.2, 0.25) is 5.91 Å². The van der Waals surface area contributed by atoms with Crippen LogP contribution in [0.3, 0.4) is 0 Å². The van der Waals surface area contributed by atoms with E-state index in [0.717, 1.165) is 5.69 Å². The summed E-state index contributed by atoms with van der Waals surface area (Å²) in [4.78, 5) is 31.8. The molecule has 2 heterocycles. The molecule has 120 valence electrons. The quantitative estimate of drug-likeness (QED) is 0.763. The molecule has 0 unspecified atom stereocenters. The maximum Gasteiger partial charge on any atom is 0.275 e. The topological polar surface area (TPSA) is 84.0 Å². The molecule has 0 bridgehead atoms. The normalized spacial score (nSPS) is 10.2. The predicted molar refractivity (Wildman–Crippen MR) is 94.0 cm³/mol. The van der Waals surface area contributed by atoms with Crippen LogP contribution in [0.15, 0.2) is 54.0 Å². The molecule has 6 nitrogen and oxygen atoms in total. The second-order valence-corrected chi connectivity index (χ2v) is 5.82. The average molecular weight is 338 g/mol. The number of hydrogen-bond acceptors (Lipinski definition) is 5. The molecule has 0 saturated carbocycles. The van der Waals surface area contributed by atoms with E-state index in [9.17, 15) is 9.59 Å². The molecule has 7 heteroatoms. The third-order valence-electron chi connectivity index (χ3n) is 3.08. The van der Waals surface area contributed by atoms with Crippen molar-refractivity contribution in [3.05, 3.63) is 59.7 Å². The molecular weight excluding hydrogens is 324 g/mol. The summed E-state index contributed by atoms with van der Waals surface area (Å²) >= 11 is 1.37. The number of nitrogens with one attached hydrogen (secondary N) is 2. The zero-order valence-corrected chi connectivity index (χ0v) is 13.6. The van der Waals surface area contributed by atoms with Crippen LogP contribution in [0.4, 0.5) is 11.4 Å². The summed E-state index contributed by atoms with van der Waals surface area (Å²) in [7, 11) is 0. The van der Waals surface area contributed by atoms with Crippen molar-refractivity contribution in [2.45, 2.75) is 6.92 Å². The fraction of sp³-hybridized carbons (Fsp3) is 0.0588. The van der Waals surface area contributed by atoms with Crippen molar-refractivity contribution in [3.8, 4) is 10.7 Å². The molecule has 0 atom stereocenters. The van der Waals surface area contributed by atoms with Gasteiger partial charge in [0.15, 0.2) is 0 Å². The molecule has 3 rings (SSSR count). The number of benzene rings is 1. The number of nitrogens with zero attached hydrogens (tertiary/aromatic N) is 2. The Bertz CT molecular complexity index is 860. The minimum absolute atomic E-state index is 0.142. The molecule has 0 aliphatic carbocycles. The van der Waals surface area contributed by atoms with Crippen molar-refractivity contribution in [3.63, 3.8) is 0 Å². The first-order chi connectivity index (χ1) is 11.6. The summed E-state index contributed by atoms with van der Waals surface area (Å²) in [6.45, 7) is 1.44. The number of hydrogen-bond donors (Lipinski definition) is 2. The second-order valence-electron chi connectivity index (χ2n) is 4.97. The van der Waals surface area contributed by atoms with Gasteiger partial charge in [-0.2, -0.15) is 0 Å². The van der Waals surface area contributed by atoms with Crippen LogP contribution < -0.4 is 10.6 Å². The van der Waals surface area contributed by atoms with Gasteiger partial charge in [0.05, 0.1) is 5.69 Å². The Morgan fingerprint density at radius 2 is 1.71 bits per heavy atom. The van der Waals surface area contributed by atoms with Crippen molar-refractivity contribution in [2.75, 3.05) is 10.6 Å². The lowest BCUT2D eigenvalue weighted by Crippen LogP contribution is -2.12. The van der Waals surface area contributed by atoms with Crippen LogP contribution in [0.2, 0.25) is 0 Å². The summed E-state index contributed by atoms with van der Waals surface area (Å²) in [6.07, 6.45) is 1.69. The third-order valence-corrected chi connectivity index (χ3v) is 3.95. The van der Waals surface area contributed by atoms with Gasteiger partial charge in [-0.3, -0.25) is 14.6 Å². The van der Waals surface area contributed by atoms with Gasteiger partial charge in [-0.05, 0) is 36.4 Å². The zero-order valence-electron chi connectivity index (χ0n) is 12.8. The standard InChI is InChI=1S/C17H14N4O2S/c1-11(22)19-12-5-7-13(8-6-12)20-16(23)15-10-24-17(21-15)14-4-2-3-9-18-14/h2-10H,1H3,(H,19,22)(H,20,23). The number of carbonyl (C=O) groups excluding carboxylic acids is 2. The maximum atomic E-state index is 12.3. The van der Waals surface area contributed by atoms with Crippen LogP contribution in [0.1, 0.15) is 17.4 Å². The zero-order chi connectivity index (χ0) is 16.9. The Balaban J connectivity index is 1.69. The highest BCUT2D eigenvalue weighted by molar-refractivity contribution is 7.13. The largest absolute Gasteiger partial charge is 0.326 e. The first-order valence-electron chi connectivity index (χ1n) is 7.18. The van der Waals surface area contributed by atoms with E-state index in [1.165, 1.54) is 18.3 Å². The summed E-state index contributed by atoms with van der Waals surface area (Å²) in [5.74, 6) is -0.433. The molecule has 2 amide bonds. The number of anilines is 2.